The molecule has 2 N–H and O–H groups in total. The Morgan fingerprint density at radius 2 is 1.79 bits per heavy atom. The van der Waals surface area contributed by atoms with Gasteiger partial charge in [0.15, 0.2) is 0 Å². The van der Waals surface area contributed by atoms with Crippen molar-refractivity contribution in [3.8, 4) is 11.5 Å². The molecular weight excluding hydrogens is 360 g/mol. The maximum absolute atomic E-state index is 5.59. The number of nitrogens with one attached hydrogen (secondary N) is 2. The summed E-state index contributed by atoms with van der Waals surface area (Å²) in [7, 11) is 3.44. The molecule has 4 atom stereocenters. The van der Waals surface area contributed by atoms with Crippen molar-refractivity contribution in [3.05, 3.63) is 59.7 Å². The average Bonchev–Trinajstić information content (AvgIpc) is 3.02. The summed E-state index contributed by atoms with van der Waals surface area (Å²) in [4.78, 5) is 0. The Morgan fingerprint density at radius 3 is 2.59 bits per heavy atom. The van der Waals surface area contributed by atoms with Gasteiger partial charge in [0.1, 0.15) is 11.5 Å². The summed E-state index contributed by atoms with van der Waals surface area (Å²) in [6, 6.07) is 18.3. The normalized spacial score (nSPS) is 27.0. The van der Waals surface area contributed by atoms with Crippen LogP contribution in [0.15, 0.2) is 48.5 Å². The van der Waals surface area contributed by atoms with Crippen LogP contribution in [0, 0.1) is 5.92 Å². The van der Waals surface area contributed by atoms with Crippen molar-refractivity contribution < 1.29 is 9.47 Å². The van der Waals surface area contributed by atoms with Gasteiger partial charge < -0.3 is 20.1 Å². The molecule has 4 unspecified atom stereocenters. The molecule has 0 amide bonds. The van der Waals surface area contributed by atoms with E-state index in [-0.39, 0.29) is 0 Å². The molecule has 2 fully saturated rings. The first-order chi connectivity index (χ1) is 14.3. The van der Waals surface area contributed by atoms with Gasteiger partial charge in [-0.2, -0.15) is 0 Å². The van der Waals surface area contributed by atoms with E-state index in [1.165, 1.54) is 44.1 Å². The van der Waals surface area contributed by atoms with Gasteiger partial charge in [-0.1, -0.05) is 49.6 Å². The number of hydrogen-bond donors (Lipinski definition) is 2. The van der Waals surface area contributed by atoms with E-state index < -0.39 is 0 Å². The van der Waals surface area contributed by atoms with E-state index in [0.717, 1.165) is 29.5 Å². The topological polar surface area (TPSA) is 42.5 Å². The van der Waals surface area contributed by atoms with Crippen LogP contribution in [-0.2, 0) is 6.54 Å². The minimum Gasteiger partial charge on any atom is -0.497 e. The molecular formula is C25H34N2O2. The number of piperidine rings is 1. The van der Waals surface area contributed by atoms with Crippen molar-refractivity contribution in [1.29, 1.82) is 0 Å². The molecule has 156 valence electrons. The van der Waals surface area contributed by atoms with Crippen LogP contribution >= 0.6 is 0 Å². The zero-order valence-electron chi connectivity index (χ0n) is 17.7. The smallest absolute Gasteiger partial charge is 0.123 e. The standard InChI is InChI=1S/C25H34N2O2/c1-28-21-13-14-24(29-2)20(15-21)17-26-23-16-19-11-7-4-8-12-22(19)27-25(23)18-9-5-3-6-10-18/h3,5-6,9-10,13-15,19,22-23,25-27H,4,7-8,11-12,16-17H2,1-2H3. The van der Waals surface area contributed by atoms with Crippen molar-refractivity contribution in [1.82, 2.24) is 10.6 Å². The SMILES string of the molecule is COc1ccc(OC)c(CNC2CC3CCCCCC3NC2c2ccccc2)c1. The highest BCUT2D eigenvalue weighted by Gasteiger charge is 2.37. The van der Waals surface area contributed by atoms with Gasteiger partial charge in [0.2, 0.25) is 0 Å². The summed E-state index contributed by atoms with van der Waals surface area (Å²) < 4.78 is 11.0. The lowest BCUT2D eigenvalue weighted by atomic mass is 9.79. The fraction of sp³-hybridized carbons (Fsp3) is 0.520. The molecule has 4 rings (SSSR count). The van der Waals surface area contributed by atoms with Crippen LogP contribution in [0.2, 0.25) is 0 Å². The van der Waals surface area contributed by atoms with Crippen molar-refractivity contribution in [2.45, 2.75) is 63.2 Å². The summed E-state index contributed by atoms with van der Waals surface area (Å²) in [5.41, 5.74) is 2.52. The number of rotatable bonds is 6. The fourth-order valence-corrected chi connectivity index (χ4v) is 5.15. The van der Waals surface area contributed by atoms with Crippen molar-refractivity contribution in [2.75, 3.05) is 14.2 Å². The minimum absolute atomic E-state index is 0.340. The molecule has 0 bridgehead atoms. The second-order valence-electron chi connectivity index (χ2n) is 8.46. The molecule has 0 aromatic heterocycles. The van der Waals surface area contributed by atoms with Gasteiger partial charge in [-0.25, -0.2) is 0 Å². The van der Waals surface area contributed by atoms with Gasteiger partial charge >= 0.3 is 0 Å². The van der Waals surface area contributed by atoms with E-state index in [0.29, 0.717) is 18.1 Å². The van der Waals surface area contributed by atoms with Gasteiger partial charge in [-0.15, -0.1) is 0 Å². The van der Waals surface area contributed by atoms with Gasteiger partial charge in [-0.05, 0) is 48.9 Å². The van der Waals surface area contributed by atoms with Crippen LogP contribution in [0.1, 0.15) is 55.7 Å². The molecule has 29 heavy (non-hydrogen) atoms. The van der Waals surface area contributed by atoms with Crippen molar-refractivity contribution in [2.24, 2.45) is 5.92 Å². The molecule has 1 saturated heterocycles. The molecule has 4 heteroatoms. The predicted molar refractivity (Wildman–Crippen MR) is 117 cm³/mol. The Bertz CT molecular complexity index is 780. The average molecular weight is 395 g/mol. The maximum atomic E-state index is 5.59. The lowest BCUT2D eigenvalue weighted by Crippen LogP contribution is -2.54. The zero-order chi connectivity index (χ0) is 20.1. The number of methoxy groups -OCH3 is 2. The highest BCUT2D eigenvalue weighted by Crippen LogP contribution is 2.36. The number of hydrogen-bond acceptors (Lipinski definition) is 4. The van der Waals surface area contributed by atoms with Crippen molar-refractivity contribution >= 4 is 0 Å². The summed E-state index contributed by atoms with van der Waals surface area (Å²) in [5.74, 6) is 2.54. The lowest BCUT2D eigenvalue weighted by Gasteiger charge is -2.43. The fourth-order valence-electron chi connectivity index (χ4n) is 5.15. The summed E-state index contributed by atoms with van der Waals surface area (Å²) >= 11 is 0. The Labute approximate surface area is 175 Å². The molecule has 0 radical (unpaired) electrons. The van der Waals surface area contributed by atoms with Crippen LogP contribution in [0.3, 0.4) is 0 Å². The second kappa shape index (κ2) is 9.64. The molecule has 2 aromatic carbocycles. The maximum Gasteiger partial charge on any atom is 0.123 e. The summed E-state index contributed by atoms with van der Waals surface area (Å²) in [5, 5.41) is 7.90. The van der Waals surface area contributed by atoms with Gasteiger partial charge in [0.25, 0.3) is 0 Å². The minimum atomic E-state index is 0.340. The molecule has 0 spiro atoms. The molecule has 1 saturated carbocycles. The van der Waals surface area contributed by atoms with E-state index in [4.69, 9.17) is 9.47 Å². The van der Waals surface area contributed by atoms with E-state index in [1.807, 2.05) is 12.1 Å². The summed E-state index contributed by atoms with van der Waals surface area (Å²) in [6.07, 6.45) is 7.99. The third kappa shape index (κ3) is 4.76. The Balaban J connectivity index is 1.54. The molecule has 4 nitrogen and oxygen atoms in total. The predicted octanol–water partition coefficient (Wildman–Crippen LogP) is 4.85. The van der Waals surface area contributed by atoms with E-state index in [2.05, 4.69) is 47.0 Å². The number of fused-ring (bicyclic) bond motifs is 1. The van der Waals surface area contributed by atoms with Gasteiger partial charge in [-0.3, -0.25) is 0 Å². The number of benzene rings is 2. The first-order valence-corrected chi connectivity index (χ1v) is 11.0. The Kier molecular flexibility index (Phi) is 6.73. The lowest BCUT2D eigenvalue weighted by molar-refractivity contribution is 0.172. The molecule has 1 aliphatic carbocycles. The monoisotopic (exact) mass is 394 g/mol. The highest BCUT2D eigenvalue weighted by atomic mass is 16.5. The largest absolute Gasteiger partial charge is 0.497 e. The highest BCUT2D eigenvalue weighted by molar-refractivity contribution is 5.40. The first-order valence-electron chi connectivity index (χ1n) is 11.0. The van der Waals surface area contributed by atoms with Gasteiger partial charge in [0, 0.05) is 30.2 Å². The van der Waals surface area contributed by atoms with Crippen LogP contribution < -0.4 is 20.1 Å². The molecule has 1 heterocycles. The molecule has 2 aromatic rings. The van der Waals surface area contributed by atoms with Crippen LogP contribution in [0.4, 0.5) is 0 Å². The molecule has 1 aliphatic heterocycles. The third-order valence-corrected chi connectivity index (χ3v) is 6.71. The quantitative estimate of drug-likeness (QED) is 0.735. The molecule has 2 aliphatic rings. The number of ether oxygens (including phenoxy) is 2. The second-order valence-corrected chi connectivity index (χ2v) is 8.46. The van der Waals surface area contributed by atoms with Crippen LogP contribution in [0.25, 0.3) is 0 Å². The van der Waals surface area contributed by atoms with Crippen molar-refractivity contribution in [3.63, 3.8) is 0 Å². The van der Waals surface area contributed by atoms with E-state index in [1.54, 1.807) is 14.2 Å². The van der Waals surface area contributed by atoms with E-state index >= 15 is 0 Å². The zero-order valence-corrected chi connectivity index (χ0v) is 17.7. The van der Waals surface area contributed by atoms with Crippen LogP contribution in [0.5, 0.6) is 11.5 Å². The first kappa shape index (κ1) is 20.2. The Hall–Kier alpha value is -2.04. The van der Waals surface area contributed by atoms with Crippen LogP contribution in [-0.4, -0.2) is 26.3 Å². The van der Waals surface area contributed by atoms with E-state index in [9.17, 15) is 0 Å². The summed E-state index contributed by atoms with van der Waals surface area (Å²) in [6.45, 7) is 0.771. The Morgan fingerprint density at radius 1 is 0.966 bits per heavy atom. The van der Waals surface area contributed by atoms with Gasteiger partial charge in [0.05, 0.1) is 14.2 Å². The third-order valence-electron chi connectivity index (χ3n) is 6.71.